The second kappa shape index (κ2) is 8.78. The molecule has 0 heterocycles. The highest BCUT2D eigenvalue weighted by Gasteiger charge is 2.06. The molecule has 0 atom stereocenters. The summed E-state index contributed by atoms with van der Waals surface area (Å²) >= 11 is 0. The molecular weight excluding hydrogens is 248 g/mol. The summed E-state index contributed by atoms with van der Waals surface area (Å²) in [5, 5.41) is 9.33. The van der Waals surface area contributed by atoms with Crippen molar-refractivity contribution in [2.24, 2.45) is 11.8 Å². The molecule has 0 fully saturated rings. The summed E-state index contributed by atoms with van der Waals surface area (Å²) in [4.78, 5) is 11.1. The number of benzene rings is 1. The number of carbonyl (C=O) groups excluding carboxylic acids is 1. The Hall–Kier alpha value is -1.31. The SMILES string of the molecule is CC(C)CC(=O)CC(C)C.Cc1cc(C)c(O)c(C)c1. The fourth-order valence-electron chi connectivity index (χ4n) is 2.17. The van der Waals surface area contributed by atoms with Crippen LogP contribution in [-0.4, -0.2) is 10.9 Å². The normalized spacial score (nSPS) is 10.4. The first kappa shape index (κ1) is 18.7. The molecule has 0 aliphatic heterocycles. The maximum Gasteiger partial charge on any atom is 0.133 e. The van der Waals surface area contributed by atoms with Crippen LogP contribution in [0.25, 0.3) is 0 Å². The predicted octanol–water partition coefficient (Wildman–Crippen LogP) is 4.97. The van der Waals surface area contributed by atoms with E-state index in [2.05, 4.69) is 27.7 Å². The van der Waals surface area contributed by atoms with E-state index >= 15 is 0 Å². The molecule has 1 aromatic carbocycles. The van der Waals surface area contributed by atoms with E-state index in [0.717, 1.165) is 24.0 Å². The third kappa shape index (κ3) is 7.98. The van der Waals surface area contributed by atoms with Gasteiger partial charge >= 0.3 is 0 Å². The minimum Gasteiger partial charge on any atom is -0.507 e. The molecular formula is C18H30O2. The molecule has 0 unspecified atom stereocenters. The van der Waals surface area contributed by atoms with Gasteiger partial charge in [0.05, 0.1) is 0 Å². The van der Waals surface area contributed by atoms with Gasteiger partial charge < -0.3 is 5.11 Å². The lowest BCUT2D eigenvalue weighted by atomic mass is 10.00. The Balaban J connectivity index is 0.000000361. The number of Topliss-reactive ketones (excluding diaryl/α,β-unsaturated/α-hetero) is 1. The van der Waals surface area contributed by atoms with Crippen molar-refractivity contribution in [3.8, 4) is 5.75 Å². The van der Waals surface area contributed by atoms with Crippen LogP contribution in [0.3, 0.4) is 0 Å². The molecule has 0 aliphatic rings. The van der Waals surface area contributed by atoms with Gasteiger partial charge in [-0.2, -0.15) is 0 Å². The zero-order chi connectivity index (χ0) is 15.9. The Labute approximate surface area is 124 Å². The van der Waals surface area contributed by atoms with Crippen molar-refractivity contribution in [3.63, 3.8) is 0 Å². The van der Waals surface area contributed by atoms with Gasteiger partial charge in [-0.1, -0.05) is 45.4 Å². The lowest BCUT2D eigenvalue weighted by Crippen LogP contribution is -2.05. The van der Waals surface area contributed by atoms with Crippen molar-refractivity contribution >= 4 is 5.78 Å². The monoisotopic (exact) mass is 278 g/mol. The van der Waals surface area contributed by atoms with Gasteiger partial charge in [0.1, 0.15) is 11.5 Å². The molecule has 0 saturated carbocycles. The number of hydrogen-bond donors (Lipinski definition) is 1. The Morgan fingerprint density at radius 1 is 0.950 bits per heavy atom. The largest absolute Gasteiger partial charge is 0.507 e. The Bertz CT molecular complexity index is 396. The predicted molar refractivity (Wildman–Crippen MR) is 86.2 cm³/mol. The van der Waals surface area contributed by atoms with Crippen LogP contribution in [-0.2, 0) is 4.79 Å². The minimum absolute atomic E-state index is 0.407. The molecule has 1 N–H and O–H groups in total. The van der Waals surface area contributed by atoms with Gasteiger partial charge in [0.15, 0.2) is 0 Å². The highest BCUT2D eigenvalue weighted by Crippen LogP contribution is 2.21. The molecule has 20 heavy (non-hydrogen) atoms. The average Bonchev–Trinajstić information content (AvgIpc) is 2.24. The molecule has 1 aromatic rings. The van der Waals surface area contributed by atoms with E-state index in [0.29, 0.717) is 23.4 Å². The Kier molecular flexibility index (Phi) is 8.21. The van der Waals surface area contributed by atoms with Crippen molar-refractivity contribution in [1.82, 2.24) is 0 Å². The molecule has 0 radical (unpaired) electrons. The van der Waals surface area contributed by atoms with Crippen molar-refractivity contribution in [3.05, 3.63) is 28.8 Å². The molecule has 2 nitrogen and oxygen atoms in total. The molecule has 114 valence electrons. The number of carbonyl (C=O) groups is 1. The Morgan fingerprint density at radius 3 is 1.60 bits per heavy atom. The number of phenolic OH excluding ortho intramolecular Hbond substituents is 1. The van der Waals surface area contributed by atoms with Crippen LogP contribution in [0.4, 0.5) is 0 Å². The van der Waals surface area contributed by atoms with Gasteiger partial charge in [-0.25, -0.2) is 0 Å². The third-order valence-corrected chi connectivity index (χ3v) is 2.91. The molecule has 0 bridgehead atoms. The van der Waals surface area contributed by atoms with E-state index in [4.69, 9.17) is 0 Å². The van der Waals surface area contributed by atoms with Gasteiger partial charge in [-0.05, 0) is 43.7 Å². The summed E-state index contributed by atoms with van der Waals surface area (Å²) in [7, 11) is 0. The van der Waals surface area contributed by atoms with Gasteiger partial charge in [0, 0.05) is 12.8 Å². The lowest BCUT2D eigenvalue weighted by molar-refractivity contribution is -0.120. The molecule has 1 rings (SSSR count). The zero-order valence-electron chi connectivity index (χ0n) is 14.1. The van der Waals surface area contributed by atoms with E-state index in [1.54, 1.807) is 0 Å². The van der Waals surface area contributed by atoms with Gasteiger partial charge in [0.25, 0.3) is 0 Å². The van der Waals surface area contributed by atoms with Crippen LogP contribution in [0.5, 0.6) is 5.75 Å². The van der Waals surface area contributed by atoms with Crippen molar-refractivity contribution in [2.75, 3.05) is 0 Å². The maximum atomic E-state index is 11.1. The standard InChI is InChI=1S/C9H12O.C9H18O/c1-6-4-7(2)9(10)8(3)5-6;1-7(2)5-9(10)6-8(3)4/h4-5,10H,1-3H3;7-8H,5-6H2,1-4H3. The van der Waals surface area contributed by atoms with Crippen LogP contribution in [0.1, 0.15) is 57.2 Å². The Morgan fingerprint density at radius 2 is 1.30 bits per heavy atom. The second-order valence-corrected chi connectivity index (χ2v) is 6.48. The number of phenols is 1. The molecule has 0 saturated heterocycles. The zero-order valence-corrected chi connectivity index (χ0v) is 14.1. The molecule has 0 amide bonds. The summed E-state index contributed by atoms with van der Waals surface area (Å²) in [5.41, 5.74) is 3.11. The van der Waals surface area contributed by atoms with Gasteiger partial charge in [0.2, 0.25) is 0 Å². The van der Waals surface area contributed by atoms with Crippen molar-refractivity contribution in [2.45, 2.75) is 61.3 Å². The van der Waals surface area contributed by atoms with E-state index < -0.39 is 0 Å². The smallest absolute Gasteiger partial charge is 0.133 e. The third-order valence-electron chi connectivity index (χ3n) is 2.91. The topological polar surface area (TPSA) is 37.3 Å². The van der Waals surface area contributed by atoms with Crippen LogP contribution >= 0.6 is 0 Å². The molecule has 0 spiro atoms. The van der Waals surface area contributed by atoms with Crippen LogP contribution < -0.4 is 0 Å². The molecule has 2 heteroatoms. The first-order valence-corrected chi connectivity index (χ1v) is 7.42. The van der Waals surface area contributed by atoms with E-state index in [9.17, 15) is 9.90 Å². The highest BCUT2D eigenvalue weighted by atomic mass is 16.3. The highest BCUT2D eigenvalue weighted by molar-refractivity contribution is 5.78. The minimum atomic E-state index is 0.407. The van der Waals surface area contributed by atoms with E-state index in [-0.39, 0.29) is 0 Å². The number of aromatic hydroxyl groups is 1. The summed E-state index contributed by atoms with van der Waals surface area (Å²) in [6.07, 6.45) is 1.50. The summed E-state index contributed by atoms with van der Waals surface area (Å²) in [6.45, 7) is 14.2. The van der Waals surface area contributed by atoms with Crippen LogP contribution in [0.2, 0.25) is 0 Å². The molecule has 0 aromatic heterocycles. The number of rotatable bonds is 4. The number of aryl methyl sites for hydroxylation is 3. The average molecular weight is 278 g/mol. The van der Waals surface area contributed by atoms with Gasteiger partial charge in [-0.15, -0.1) is 0 Å². The first-order chi connectivity index (χ1) is 9.13. The summed E-state index contributed by atoms with van der Waals surface area (Å²) in [5.74, 6) is 1.87. The van der Waals surface area contributed by atoms with Crippen LogP contribution in [0.15, 0.2) is 12.1 Å². The maximum absolute atomic E-state index is 11.1. The van der Waals surface area contributed by atoms with E-state index in [1.165, 1.54) is 5.56 Å². The molecule has 0 aliphatic carbocycles. The number of ketones is 1. The fraction of sp³-hybridized carbons (Fsp3) is 0.611. The first-order valence-electron chi connectivity index (χ1n) is 7.42. The lowest BCUT2D eigenvalue weighted by Gasteiger charge is -2.05. The summed E-state index contributed by atoms with van der Waals surface area (Å²) in [6, 6.07) is 3.95. The fourth-order valence-corrected chi connectivity index (χ4v) is 2.17. The van der Waals surface area contributed by atoms with Crippen molar-refractivity contribution in [1.29, 1.82) is 0 Å². The quantitative estimate of drug-likeness (QED) is 0.844. The second-order valence-electron chi connectivity index (χ2n) is 6.48. The summed E-state index contributed by atoms with van der Waals surface area (Å²) < 4.78 is 0. The van der Waals surface area contributed by atoms with Gasteiger partial charge in [-0.3, -0.25) is 4.79 Å². The van der Waals surface area contributed by atoms with Crippen LogP contribution in [0, 0.1) is 32.6 Å². The van der Waals surface area contributed by atoms with Crippen molar-refractivity contribution < 1.29 is 9.90 Å². The van der Waals surface area contributed by atoms with E-state index in [1.807, 2.05) is 32.9 Å². The number of hydrogen-bond acceptors (Lipinski definition) is 2.